The SMILES string of the molecule is O=C(Nc1cc(Cl)c(F)c(Cl)c1)C1CNC1. The summed E-state index contributed by atoms with van der Waals surface area (Å²) in [5, 5.41) is 5.42. The van der Waals surface area contributed by atoms with Gasteiger partial charge in [0.15, 0.2) is 5.82 Å². The van der Waals surface area contributed by atoms with Crippen LogP contribution in [0.5, 0.6) is 0 Å². The quantitative estimate of drug-likeness (QED) is 0.804. The molecule has 1 aromatic rings. The Morgan fingerprint density at radius 2 is 1.94 bits per heavy atom. The fourth-order valence-corrected chi connectivity index (χ4v) is 1.83. The average molecular weight is 263 g/mol. The van der Waals surface area contributed by atoms with E-state index in [1.54, 1.807) is 0 Å². The van der Waals surface area contributed by atoms with Crippen LogP contribution in [-0.2, 0) is 4.79 Å². The predicted octanol–water partition coefficient (Wildman–Crippen LogP) is 2.29. The van der Waals surface area contributed by atoms with Crippen molar-refractivity contribution in [3.8, 4) is 0 Å². The molecule has 1 amide bonds. The van der Waals surface area contributed by atoms with E-state index in [9.17, 15) is 9.18 Å². The van der Waals surface area contributed by atoms with E-state index >= 15 is 0 Å². The Morgan fingerprint density at radius 3 is 2.38 bits per heavy atom. The highest BCUT2D eigenvalue weighted by Crippen LogP contribution is 2.27. The van der Waals surface area contributed by atoms with Gasteiger partial charge in [0, 0.05) is 18.8 Å². The summed E-state index contributed by atoms with van der Waals surface area (Å²) in [6.45, 7) is 1.32. The zero-order valence-corrected chi connectivity index (χ0v) is 9.70. The first-order chi connectivity index (χ1) is 7.58. The zero-order chi connectivity index (χ0) is 11.7. The molecule has 0 atom stereocenters. The van der Waals surface area contributed by atoms with Gasteiger partial charge in [0.25, 0.3) is 0 Å². The maximum absolute atomic E-state index is 13.1. The summed E-state index contributed by atoms with van der Waals surface area (Å²) < 4.78 is 13.1. The van der Waals surface area contributed by atoms with Crippen molar-refractivity contribution in [2.24, 2.45) is 5.92 Å². The molecule has 16 heavy (non-hydrogen) atoms. The lowest BCUT2D eigenvalue weighted by Crippen LogP contribution is -2.48. The van der Waals surface area contributed by atoms with Crippen molar-refractivity contribution in [3.05, 3.63) is 28.0 Å². The Kier molecular flexibility index (Phi) is 3.33. The Bertz CT molecular complexity index is 412. The number of anilines is 1. The number of carbonyl (C=O) groups excluding carboxylic acids is 1. The second kappa shape index (κ2) is 4.57. The molecule has 1 aliphatic rings. The molecule has 86 valence electrons. The molecule has 1 aliphatic heterocycles. The highest BCUT2D eigenvalue weighted by atomic mass is 35.5. The van der Waals surface area contributed by atoms with Crippen LogP contribution in [0.2, 0.25) is 10.0 Å². The molecular weight excluding hydrogens is 254 g/mol. The number of hydrogen-bond donors (Lipinski definition) is 2. The number of nitrogens with one attached hydrogen (secondary N) is 2. The van der Waals surface area contributed by atoms with Crippen LogP contribution in [0.3, 0.4) is 0 Å². The Hall–Kier alpha value is -0.840. The maximum atomic E-state index is 13.1. The van der Waals surface area contributed by atoms with Crippen molar-refractivity contribution in [1.29, 1.82) is 0 Å². The van der Waals surface area contributed by atoms with Gasteiger partial charge in [-0.2, -0.15) is 0 Å². The summed E-state index contributed by atoms with van der Waals surface area (Å²) >= 11 is 11.2. The molecule has 0 aliphatic carbocycles. The van der Waals surface area contributed by atoms with Crippen molar-refractivity contribution >= 4 is 34.8 Å². The summed E-state index contributed by atoms with van der Waals surface area (Å²) in [7, 11) is 0. The van der Waals surface area contributed by atoms with Gasteiger partial charge in [-0.15, -0.1) is 0 Å². The van der Waals surface area contributed by atoms with Crippen molar-refractivity contribution in [2.45, 2.75) is 0 Å². The van der Waals surface area contributed by atoms with E-state index in [-0.39, 0.29) is 21.9 Å². The molecule has 0 aromatic heterocycles. The van der Waals surface area contributed by atoms with Gasteiger partial charge in [0.05, 0.1) is 16.0 Å². The first kappa shape index (κ1) is 11.6. The van der Waals surface area contributed by atoms with E-state index in [1.165, 1.54) is 12.1 Å². The Morgan fingerprint density at radius 1 is 1.38 bits per heavy atom. The van der Waals surface area contributed by atoms with Gasteiger partial charge in [-0.3, -0.25) is 4.79 Å². The summed E-state index contributed by atoms with van der Waals surface area (Å²) in [6.07, 6.45) is 0. The third-order valence-electron chi connectivity index (χ3n) is 2.40. The van der Waals surface area contributed by atoms with E-state index in [4.69, 9.17) is 23.2 Å². The van der Waals surface area contributed by atoms with Gasteiger partial charge in [0.2, 0.25) is 5.91 Å². The third-order valence-corrected chi connectivity index (χ3v) is 2.95. The zero-order valence-electron chi connectivity index (χ0n) is 8.19. The van der Waals surface area contributed by atoms with E-state index in [0.29, 0.717) is 18.8 Å². The second-order valence-corrected chi connectivity index (χ2v) is 4.41. The van der Waals surface area contributed by atoms with Gasteiger partial charge in [-0.25, -0.2) is 4.39 Å². The third kappa shape index (κ3) is 2.29. The van der Waals surface area contributed by atoms with Crippen LogP contribution in [0.1, 0.15) is 0 Å². The lowest BCUT2D eigenvalue weighted by Gasteiger charge is -2.25. The number of rotatable bonds is 2. The van der Waals surface area contributed by atoms with Crippen LogP contribution in [0.25, 0.3) is 0 Å². The minimum atomic E-state index is -0.674. The molecule has 0 radical (unpaired) electrons. The number of halogens is 3. The molecule has 0 bridgehead atoms. The normalized spacial score (nSPS) is 15.7. The molecule has 3 nitrogen and oxygen atoms in total. The molecule has 0 saturated carbocycles. The Labute approximate surface area is 102 Å². The molecule has 2 rings (SSSR count). The fourth-order valence-electron chi connectivity index (χ4n) is 1.35. The van der Waals surface area contributed by atoms with Crippen LogP contribution in [-0.4, -0.2) is 19.0 Å². The minimum absolute atomic E-state index is 0.0393. The van der Waals surface area contributed by atoms with Crippen LogP contribution < -0.4 is 10.6 Å². The number of hydrogen-bond acceptors (Lipinski definition) is 2. The molecule has 1 heterocycles. The smallest absolute Gasteiger partial charge is 0.230 e. The molecule has 2 N–H and O–H groups in total. The largest absolute Gasteiger partial charge is 0.326 e. The van der Waals surface area contributed by atoms with Crippen LogP contribution in [0, 0.1) is 11.7 Å². The molecule has 0 unspecified atom stereocenters. The first-order valence-electron chi connectivity index (χ1n) is 4.74. The van der Waals surface area contributed by atoms with Crippen molar-refractivity contribution in [2.75, 3.05) is 18.4 Å². The van der Waals surface area contributed by atoms with E-state index < -0.39 is 5.82 Å². The number of benzene rings is 1. The van der Waals surface area contributed by atoms with Gasteiger partial charge < -0.3 is 10.6 Å². The minimum Gasteiger partial charge on any atom is -0.326 e. The molecule has 1 saturated heterocycles. The summed E-state index contributed by atoms with van der Waals surface area (Å²) in [5.74, 6) is -0.827. The van der Waals surface area contributed by atoms with Gasteiger partial charge in [-0.05, 0) is 12.1 Å². The monoisotopic (exact) mass is 262 g/mol. The average Bonchev–Trinajstić information content (AvgIpc) is 2.10. The molecule has 1 fully saturated rings. The number of carbonyl (C=O) groups is 1. The maximum Gasteiger partial charge on any atom is 0.230 e. The molecule has 6 heteroatoms. The fraction of sp³-hybridized carbons (Fsp3) is 0.300. The standard InChI is InChI=1S/C10H9Cl2FN2O/c11-7-1-6(2-8(12)9(7)13)15-10(16)5-3-14-4-5/h1-2,5,14H,3-4H2,(H,15,16). The first-order valence-corrected chi connectivity index (χ1v) is 5.49. The second-order valence-electron chi connectivity index (χ2n) is 3.60. The molecule has 0 spiro atoms. The lowest BCUT2D eigenvalue weighted by molar-refractivity contribution is -0.121. The van der Waals surface area contributed by atoms with Gasteiger partial charge >= 0.3 is 0 Å². The summed E-state index contributed by atoms with van der Waals surface area (Å²) in [4.78, 5) is 11.6. The topological polar surface area (TPSA) is 41.1 Å². The van der Waals surface area contributed by atoms with Crippen molar-refractivity contribution in [1.82, 2.24) is 5.32 Å². The summed E-state index contributed by atoms with van der Waals surface area (Å²) in [5.41, 5.74) is 0.410. The van der Waals surface area contributed by atoms with Gasteiger partial charge in [-0.1, -0.05) is 23.2 Å². The van der Waals surface area contributed by atoms with E-state index in [1.807, 2.05) is 0 Å². The van der Waals surface area contributed by atoms with Crippen LogP contribution >= 0.6 is 23.2 Å². The van der Waals surface area contributed by atoms with Crippen molar-refractivity contribution in [3.63, 3.8) is 0 Å². The lowest BCUT2D eigenvalue weighted by atomic mass is 10.0. The van der Waals surface area contributed by atoms with E-state index in [2.05, 4.69) is 10.6 Å². The van der Waals surface area contributed by atoms with Crippen molar-refractivity contribution < 1.29 is 9.18 Å². The van der Waals surface area contributed by atoms with E-state index in [0.717, 1.165) is 0 Å². The van der Waals surface area contributed by atoms with Gasteiger partial charge in [0.1, 0.15) is 0 Å². The van der Waals surface area contributed by atoms with Crippen LogP contribution in [0.15, 0.2) is 12.1 Å². The highest BCUT2D eigenvalue weighted by molar-refractivity contribution is 6.35. The molecule has 1 aromatic carbocycles. The predicted molar refractivity (Wildman–Crippen MR) is 61.4 cm³/mol. The summed E-state index contributed by atoms with van der Waals surface area (Å²) in [6, 6.07) is 2.68. The van der Waals surface area contributed by atoms with Crippen LogP contribution in [0.4, 0.5) is 10.1 Å². The highest BCUT2D eigenvalue weighted by Gasteiger charge is 2.25. The Balaban J connectivity index is 2.12. The number of amides is 1. The molecular formula is C10H9Cl2FN2O.